The van der Waals surface area contributed by atoms with Crippen LogP contribution in [0, 0.1) is 12.7 Å². The van der Waals surface area contributed by atoms with E-state index in [2.05, 4.69) is 4.98 Å². The van der Waals surface area contributed by atoms with Crippen molar-refractivity contribution in [3.63, 3.8) is 0 Å². The van der Waals surface area contributed by atoms with E-state index in [-0.39, 0.29) is 11.3 Å². The molecule has 0 aliphatic heterocycles. The second-order valence-electron chi connectivity index (χ2n) is 5.27. The Bertz CT molecular complexity index is 918. The summed E-state index contributed by atoms with van der Waals surface area (Å²) < 4.78 is 20.8. The summed E-state index contributed by atoms with van der Waals surface area (Å²) in [5, 5.41) is 0. The number of anilines is 1. The number of ether oxygens (including phenoxy) is 1. The van der Waals surface area contributed by atoms with E-state index >= 15 is 0 Å². The zero-order chi connectivity index (χ0) is 17.3. The molecule has 0 amide bonds. The number of nitrogens with two attached hydrogens (primary N) is 1. The van der Waals surface area contributed by atoms with Gasteiger partial charge in [-0.05, 0) is 37.3 Å². The Morgan fingerprint density at radius 2 is 1.96 bits per heavy atom. The van der Waals surface area contributed by atoms with Crippen LogP contribution in [0.2, 0.25) is 0 Å². The highest BCUT2D eigenvalue weighted by molar-refractivity contribution is 5.90. The third kappa shape index (κ3) is 2.62. The minimum Gasteiger partial charge on any atom is -0.464 e. The monoisotopic (exact) mass is 325 g/mol. The molecule has 2 aromatic carbocycles. The van der Waals surface area contributed by atoms with Gasteiger partial charge in [-0.3, -0.25) is 4.57 Å². The largest absolute Gasteiger partial charge is 0.464 e. The molecule has 0 unspecified atom stereocenters. The molecule has 2 N–H and O–H groups in total. The number of carbonyl (C=O) groups is 1. The van der Waals surface area contributed by atoms with Crippen molar-refractivity contribution in [2.45, 2.75) is 6.92 Å². The Balaban J connectivity index is 2.32. The van der Waals surface area contributed by atoms with Crippen molar-refractivity contribution < 1.29 is 13.9 Å². The smallest absolute Gasteiger partial charge is 0.358 e. The highest BCUT2D eigenvalue weighted by atomic mass is 19.1. The standard InChI is InChI=1S/C18H16FN3O2/c1-11-16(18(23)24-2)21-17(14-8-3-4-9-15(14)19)22(11)13-7-5-6-12(20)10-13/h3-10H,20H2,1-2H3. The summed E-state index contributed by atoms with van der Waals surface area (Å²) in [4.78, 5) is 16.3. The Kier molecular flexibility index (Phi) is 4.04. The third-order valence-electron chi connectivity index (χ3n) is 3.73. The van der Waals surface area contributed by atoms with E-state index < -0.39 is 11.8 Å². The molecule has 0 fully saturated rings. The second kappa shape index (κ2) is 6.16. The Morgan fingerprint density at radius 1 is 1.21 bits per heavy atom. The molecule has 5 nitrogen and oxygen atoms in total. The van der Waals surface area contributed by atoms with Gasteiger partial charge in [-0.2, -0.15) is 0 Å². The van der Waals surface area contributed by atoms with Crippen LogP contribution in [-0.4, -0.2) is 22.6 Å². The normalized spacial score (nSPS) is 10.6. The lowest BCUT2D eigenvalue weighted by Gasteiger charge is -2.11. The number of nitrogens with zero attached hydrogens (tertiary/aromatic N) is 2. The van der Waals surface area contributed by atoms with E-state index in [4.69, 9.17) is 10.5 Å². The maximum atomic E-state index is 14.3. The van der Waals surface area contributed by atoms with Gasteiger partial charge in [-0.15, -0.1) is 0 Å². The molecule has 0 atom stereocenters. The Labute approximate surface area is 138 Å². The highest BCUT2D eigenvalue weighted by Crippen LogP contribution is 2.29. The van der Waals surface area contributed by atoms with Gasteiger partial charge in [0.1, 0.15) is 11.6 Å². The number of hydrogen-bond donors (Lipinski definition) is 1. The topological polar surface area (TPSA) is 70.1 Å². The number of benzene rings is 2. The molecule has 0 spiro atoms. The van der Waals surface area contributed by atoms with Gasteiger partial charge < -0.3 is 10.5 Å². The average molecular weight is 325 g/mol. The van der Waals surface area contributed by atoms with Crippen LogP contribution in [-0.2, 0) is 4.74 Å². The van der Waals surface area contributed by atoms with Gasteiger partial charge in [-0.25, -0.2) is 14.2 Å². The summed E-state index contributed by atoms with van der Waals surface area (Å²) in [6.07, 6.45) is 0. The van der Waals surface area contributed by atoms with Gasteiger partial charge >= 0.3 is 5.97 Å². The number of hydrogen-bond acceptors (Lipinski definition) is 4. The van der Waals surface area contributed by atoms with Gasteiger partial charge in [0.2, 0.25) is 0 Å². The third-order valence-corrected chi connectivity index (χ3v) is 3.73. The van der Waals surface area contributed by atoms with Crippen LogP contribution in [0.15, 0.2) is 48.5 Å². The van der Waals surface area contributed by atoms with Gasteiger partial charge in [0, 0.05) is 11.4 Å². The van der Waals surface area contributed by atoms with Crippen LogP contribution in [0.3, 0.4) is 0 Å². The van der Waals surface area contributed by atoms with Crippen molar-refractivity contribution in [3.05, 3.63) is 65.7 Å². The van der Waals surface area contributed by atoms with E-state index in [1.54, 1.807) is 47.9 Å². The van der Waals surface area contributed by atoms with E-state index in [1.807, 2.05) is 6.07 Å². The molecule has 24 heavy (non-hydrogen) atoms. The van der Waals surface area contributed by atoms with Crippen molar-refractivity contribution in [2.75, 3.05) is 12.8 Å². The van der Waals surface area contributed by atoms with Crippen LogP contribution in [0.5, 0.6) is 0 Å². The number of methoxy groups -OCH3 is 1. The van der Waals surface area contributed by atoms with Crippen molar-refractivity contribution in [2.24, 2.45) is 0 Å². The van der Waals surface area contributed by atoms with E-state index in [0.717, 1.165) is 0 Å². The minimum absolute atomic E-state index is 0.137. The quantitative estimate of drug-likeness (QED) is 0.592. The molecule has 3 aromatic rings. The molecule has 0 aliphatic carbocycles. The molecule has 1 aromatic heterocycles. The molecule has 0 saturated heterocycles. The van der Waals surface area contributed by atoms with Crippen molar-refractivity contribution in [1.29, 1.82) is 0 Å². The minimum atomic E-state index is -0.576. The van der Waals surface area contributed by atoms with Crippen LogP contribution < -0.4 is 5.73 Å². The molecule has 0 aliphatic rings. The van der Waals surface area contributed by atoms with Crippen LogP contribution in [0.4, 0.5) is 10.1 Å². The lowest BCUT2D eigenvalue weighted by molar-refractivity contribution is 0.0593. The zero-order valence-corrected chi connectivity index (χ0v) is 13.3. The molecule has 6 heteroatoms. The SMILES string of the molecule is COC(=O)c1nc(-c2ccccc2F)n(-c2cccc(N)c2)c1C. The van der Waals surface area contributed by atoms with E-state index in [9.17, 15) is 9.18 Å². The van der Waals surface area contributed by atoms with Crippen LogP contribution in [0.1, 0.15) is 16.2 Å². The van der Waals surface area contributed by atoms with Crippen LogP contribution in [0.25, 0.3) is 17.1 Å². The van der Waals surface area contributed by atoms with Crippen molar-refractivity contribution in [1.82, 2.24) is 9.55 Å². The first-order valence-corrected chi connectivity index (χ1v) is 7.31. The molecule has 0 saturated carbocycles. The number of carbonyl (C=O) groups excluding carboxylic acids is 1. The molecular formula is C18H16FN3O2. The number of imidazole rings is 1. The molecule has 0 radical (unpaired) electrons. The van der Waals surface area contributed by atoms with E-state index in [1.165, 1.54) is 13.2 Å². The number of halogens is 1. The predicted octanol–water partition coefficient (Wildman–Crippen LogP) is 3.36. The lowest BCUT2D eigenvalue weighted by Crippen LogP contribution is -2.05. The van der Waals surface area contributed by atoms with Gasteiger partial charge in [0.05, 0.1) is 18.4 Å². The van der Waals surface area contributed by atoms with E-state index in [0.29, 0.717) is 22.9 Å². The number of esters is 1. The maximum absolute atomic E-state index is 14.3. The van der Waals surface area contributed by atoms with Gasteiger partial charge in [0.15, 0.2) is 5.69 Å². The summed E-state index contributed by atoms with van der Waals surface area (Å²) in [5.74, 6) is -0.687. The first-order valence-electron chi connectivity index (χ1n) is 7.31. The van der Waals surface area contributed by atoms with Gasteiger partial charge in [-0.1, -0.05) is 18.2 Å². The number of rotatable bonds is 3. The fourth-order valence-electron chi connectivity index (χ4n) is 2.59. The summed E-state index contributed by atoms with van der Waals surface area (Å²) in [6, 6.07) is 13.4. The summed E-state index contributed by atoms with van der Waals surface area (Å²) in [5.41, 5.74) is 8.08. The molecule has 1 heterocycles. The summed E-state index contributed by atoms with van der Waals surface area (Å²) >= 11 is 0. The average Bonchev–Trinajstić information content (AvgIpc) is 2.92. The first kappa shape index (κ1) is 15.7. The molecule has 3 rings (SSSR count). The molecule has 0 bridgehead atoms. The molecular weight excluding hydrogens is 309 g/mol. The fourth-order valence-corrected chi connectivity index (χ4v) is 2.59. The second-order valence-corrected chi connectivity index (χ2v) is 5.27. The van der Waals surface area contributed by atoms with Gasteiger partial charge in [0.25, 0.3) is 0 Å². The lowest BCUT2D eigenvalue weighted by atomic mass is 10.2. The van der Waals surface area contributed by atoms with Crippen molar-refractivity contribution in [3.8, 4) is 17.1 Å². The highest BCUT2D eigenvalue weighted by Gasteiger charge is 2.23. The van der Waals surface area contributed by atoms with Crippen LogP contribution >= 0.6 is 0 Å². The Hall–Kier alpha value is -3.15. The number of aromatic nitrogens is 2. The number of nitrogen functional groups attached to an aromatic ring is 1. The Morgan fingerprint density at radius 3 is 2.62 bits per heavy atom. The van der Waals surface area contributed by atoms with Crippen molar-refractivity contribution >= 4 is 11.7 Å². The summed E-state index contributed by atoms with van der Waals surface area (Å²) in [7, 11) is 1.28. The molecule has 122 valence electrons. The fraction of sp³-hybridized carbons (Fsp3) is 0.111. The zero-order valence-electron chi connectivity index (χ0n) is 13.3. The predicted molar refractivity (Wildman–Crippen MR) is 89.4 cm³/mol. The summed E-state index contributed by atoms with van der Waals surface area (Å²) in [6.45, 7) is 1.73. The first-order chi connectivity index (χ1) is 11.5. The maximum Gasteiger partial charge on any atom is 0.358 e.